The van der Waals surface area contributed by atoms with Gasteiger partial charge < -0.3 is 25.3 Å². The van der Waals surface area contributed by atoms with Crippen molar-refractivity contribution in [2.75, 3.05) is 18.5 Å². The van der Waals surface area contributed by atoms with Gasteiger partial charge in [-0.05, 0) is 31.5 Å². The fraction of sp³-hybridized carbons (Fsp3) is 0.308. The third-order valence-corrected chi connectivity index (χ3v) is 7.82. The molecule has 0 bridgehead atoms. The minimum Gasteiger partial charge on any atom is -0.487 e. The Hall–Kier alpha value is -3.69. The van der Waals surface area contributed by atoms with Crippen LogP contribution < -0.4 is 20.7 Å². The maximum atomic E-state index is 12.9. The normalized spacial score (nSPS) is 11.7. The highest BCUT2D eigenvalue weighted by Gasteiger charge is 2.29. The van der Waals surface area contributed by atoms with Crippen molar-refractivity contribution < 1.29 is 36.3 Å². The predicted molar refractivity (Wildman–Crippen MR) is 153 cm³/mol. The third kappa shape index (κ3) is 7.64. The van der Waals surface area contributed by atoms with Crippen molar-refractivity contribution >= 4 is 69.0 Å². The van der Waals surface area contributed by atoms with Crippen LogP contribution in [-0.4, -0.2) is 52.1 Å². The van der Waals surface area contributed by atoms with E-state index in [0.717, 1.165) is 11.1 Å². The Morgan fingerprint density at radius 2 is 1.81 bits per heavy atom. The van der Waals surface area contributed by atoms with Crippen LogP contribution >= 0.6 is 34.5 Å². The molecule has 0 fully saturated rings. The van der Waals surface area contributed by atoms with E-state index in [0.29, 0.717) is 21.7 Å². The molecule has 230 valence electrons. The van der Waals surface area contributed by atoms with Gasteiger partial charge in [-0.15, -0.1) is 11.3 Å². The topological polar surface area (TPSA) is 110 Å². The number of carbonyl (C=O) groups excluding carboxylic acids is 2. The van der Waals surface area contributed by atoms with Gasteiger partial charge in [0.2, 0.25) is 5.95 Å². The molecule has 17 heteroatoms. The van der Waals surface area contributed by atoms with Crippen LogP contribution in [0.25, 0.3) is 11.0 Å². The lowest BCUT2D eigenvalue weighted by molar-refractivity contribution is -0.123. The van der Waals surface area contributed by atoms with Crippen molar-refractivity contribution in [1.82, 2.24) is 25.2 Å². The predicted octanol–water partition coefficient (Wildman–Crippen LogP) is 6.56. The van der Waals surface area contributed by atoms with E-state index >= 15 is 0 Å². The minimum atomic E-state index is -4.69. The van der Waals surface area contributed by atoms with E-state index < -0.39 is 37.2 Å². The van der Waals surface area contributed by atoms with Gasteiger partial charge in [0.05, 0.1) is 43.0 Å². The molecule has 43 heavy (non-hydrogen) atoms. The lowest BCUT2D eigenvalue weighted by Crippen LogP contribution is -2.34. The maximum Gasteiger partial charge on any atom is 0.405 e. The largest absolute Gasteiger partial charge is 0.487 e. The summed E-state index contributed by atoms with van der Waals surface area (Å²) in [5, 5.41) is 8.61. The van der Waals surface area contributed by atoms with Gasteiger partial charge in [-0.3, -0.25) is 9.59 Å². The van der Waals surface area contributed by atoms with Crippen LogP contribution in [0.15, 0.2) is 24.3 Å². The lowest BCUT2D eigenvalue weighted by atomic mass is 10.1. The number of rotatable bonds is 10. The third-order valence-electron chi connectivity index (χ3n) is 6.00. The number of carbonyl (C=O) groups is 2. The summed E-state index contributed by atoms with van der Waals surface area (Å²) in [6.45, 7) is 0.863. The first-order valence-electron chi connectivity index (χ1n) is 12.4. The monoisotopic (exact) mass is 664 g/mol. The number of hydrogen-bond acceptors (Lipinski definition) is 7. The first kappa shape index (κ1) is 32.2. The number of nitrogens with zero attached hydrogens (tertiary/aromatic N) is 3. The Morgan fingerprint density at radius 1 is 1.09 bits per heavy atom. The second-order valence-electron chi connectivity index (χ2n) is 9.18. The summed E-state index contributed by atoms with van der Waals surface area (Å²) in [6, 6.07) is 5.54. The number of aromatic nitrogens is 3. The number of ether oxygens (including phenoxy) is 1. The number of anilines is 2. The van der Waals surface area contributed by atoms with Gasteiger partial charge in [0, 0.05) is 19.7 Å². The molecule has 0 spiro atoms. The summed E-state index contributed by atoms with van der Waals surface area (Å²) >= 11 is 14.3. The molecule has 3 N–H and O–H groups in total. The molecule has 2 aromatic heterocycles. The van der Waals surface area contributed by atoms with Crippen molar-refractivity contribution in [2.24, 2.45) is 7.05 Å². The van der Waals surface area contributed by atoms with Crippen LogP contribution in [0.2, 0.25) is 10.0 Å². The second-order valence-corrected chi connectivity index (χ2v) is 11.2. The number of aryl methyl sites for hydroxylation is 3. The van der Waals surface area contributed by atoms with E-state index in [1.807, 2.05) is 0 Å². The molecule has 0 aliphatic heterocycles. The maximum absolute atomic E-state index is 12.9. The zero-order chi connectivity index (χ0) is 31.6. The van der Waals surface area contributed by atoms with E-state index in [1.54, 1.807) is 38.3 Å². The van der Waals surface area contributed by atoms with Gasteiger partial charge >= 0.3 is 6.18 Å². The van der Waals surface area contributed by atoms with E-state index in [-0.39, 0.29) is 45.4 Å². The zero-order valence-electron chi connectivity index (χ0n) is 22.6. The summed E-state index contributed by atoms with van der Waals surface area (Å²) in [5.74, 6) is -1.72. The quantitative estimate of drug-likeness (QED) is 0.166. The molecule has 0 aliphatic carbocycles. The van der Waals surface area contributed by atoms with Crippen LogP contribution in [0.4, 0.5) is 33.6 Å². The van der Waals surface area contributed by atoms with Gasteiger partial charge in [-0.2, -0.15) is 13.2 Å². The number of hydrogen-bond donors (Lipinski definition) is 3. The van der Waals surface area contributed by atoms with Crippen molar-refractivity contribution in [1.29, 1.82) is 0 Å². The molecule has 2 heterocycles. The smallest absolute Gasteiger partial charge is 0.405 e. The van der Waals surface area contributed by atoms with Gasteiger partial charge in [-0.25, -0.2) is 18.7 Å². The molecule has 2 aromatic carbocycles. The highest BCUT2D eigenvalue weighted by Crippen LogP contribution is 2.37. The highest BCUT2D eigenvalue weighted by atomic mass is 35.5. The molecule has 4 rings (SSSR count). The van der Waals surface area contributed by atoms with Crippen LogP contribution in [0.3, 0.4) is 0 Å². The van der Waals surface area contributed by atoms with Gasteiger partial charge in [-0.1, -0.05) is 29.3 Å². The van der Waals surface area contributed by atoms with Crippen LogP contribution in [0.5, 0.6) is 5.75 Å². The van der Waals surface area contributed by atoms with E-state index in [1.165, 1.54) is 22.0 Å². The molecule has 0 unspecified atom stereocenters. The van der Waals surface area contributed by atoms with Crippen LogP contribution in [0, 0.1) is 13.8 Å². The first-order valence-corrected chi connectivity index (χ1v) is 13.9. The Balaban J connectivity index is 1.63. The number of fused-ring (bicyclic) bond motifs is 1. The SMILES string of the molecule is Cc1nc(C)c(C(=O)NCc2ccc(Cl)c(Nc3nc4cc(C(=O)NCC(F)(F)F)c(OCC(F)F)cc4n3C)c2Cl)s1. The fourth-order valence-electron chi connectivity index (χ4n) is 4.01. The zero-order valence-corrected chi connectivity index (χ0v) is 25.0. The van der Waals surface area contributed by atoms with Crippen molar-refractivity contribution in [2.45, 2.75) is 33.0 Å². The Morgan fingerprint density at radius 3 is 2.44 bits per heavy atom. The van der Waals surface area contributed by atoms with Crippen molar-refractivity contribution in [3.63, 3.8) is 0 Å². The summed E-state index contributed by atoms with van der Waals surface area (Å²) in [7, 11) is 1.56. The molecule has 4 aromatic rings. The number of benzene rings is 2. The standard InChI is InChI=1S/C26H23Cl2F5N6O3S/c1-11-22(43-12(2)36-11)24(41)34-8-13-4-5-15(27)21(20(13)28)38-25-37-16-6-14(23(40)35-10-26(31,32)33)18(42-9-19(29)30)7-17(16)39(25)3/h4-7,19H,8-10H2,1-3H3,(H,34,41)(H,35,40)(H,37,38). The number of halogens is 7. The van der Waals surface area contributed by atoms with Crippen molar-refractivity contribution in [3.8, 4) is 5.75 Å². The average Bonchev–Trinajstić information content (AvgIpc) is 3.43. The molecule has 0 radical (unpaired) electrons. The summed E-state index contributed by atoms with van der Waals surface area (Å²) < 4.78 is 70.2. The van der Waals surface area contributed by atoms with Crippen LogP contribution in [-0.2, 0) is 13.6 Å². The van der Waals surface area contributed by atoms with E-state index in [4.69, 9.17) is 27.9 Å². The van der Waals surface area contributed by atoms with Crippen LogP contribution in [0.1, 0.15) is 36.3 Å². The average molecular weight is 665 g/mol. The fourth-order valence-corrected chi connectivity index (χ4v) is 5.38. The Bertz CT molecular complexity index is 1690. The molecule has 0 aliphatic rings. The number of thiazole rings is 1. The van der Waals surface area contributed by atoms with E-state index in [9.17, 15) is 31.5 Å². The minimum absolute atomic E-state index is 0.0592. The summed E-state index contributed by atoms with van der Waals surface area (Å²) in [5.41, 5.74) is 1.38. The van der Waals surface area contributed by atoms with Gasteiger partial charge in [0.1, 0.15) is 23.8 Å². The molecule has 0 atom stereocenters. The van der Waals surface area contributed by atoms with Gasteiger partial charge in [0.15, 0.2) is 0 Å². The first-order chi connectivity index (χ1) is 20.1. The molecule has 9 nitrogen and oxygen atoms in total. The molecular formula is C26H23Cl2F5N6O3S. The molecule has 0 saturated heterocycles. The Labute approximate surface area is 255 Å². The summed E-state index contributed by atoms with van der Waals surface area (Å²) in [6.07, 6.45) is -7.59. The number of nitrogens with one attached hydrogen (secondary N) is 3. The number of amides is 2. The van der Waals surface area contributed by atoms with Crippen molar-refractivity contribution in [3.05, 3.63) is 61.0 Å². The lowest BCUT2D eigenvalue weighted by Gasteiger charge is -2.14. The molecule has 0 saturated carbocycles. The highest BCUT2D eigenvalue weighted by molar-refractivity contribution is 7.13. The molecular weight excluding hydrogens is 642 g/mol. The summed E-state index contributed by atoms with van der Waals surface area (Å²) in [4.78, 5) is 34.3. The van der Waals surface area contributed by atoms with Gasteiger partial charge in [0.25, 0.3) is 18.2 Å². The van der Waals surface area contributed by atoms with E-state index in [2.05, 4.69) is 20.6 Å². The number of imidazole rings is 1. The molecule has 2 amide bonds. The second kappa shape index (κ2) is 12.9. The Kier molecular flexibility index (Phi) is 9.66. The number of alkyl halides is 5.